The Morgan fingerprint density at radius 2 is 1.96 bits per heavy atom. The number of halogens is 2. The van der Waals surface area contributed by atoms with E-state index in [1.165, 1.54) is 6.08 Å². The molecule has 23 heavy (non-hydrogen) atoms. The predicted octanol–water partition coefficient (Wildman–Crippen LogP) is 4.40. The molecule has 0 N–H and O–H groups in total. The smallest absolute Gasteiger partial charge is 0.331 e. The molecule has 0 bridgehead atoms. The van der Waals surface area contributed by atoms with Gasteiger partial charge in [0.2, 0.25) is 0 Å². The van der Waals surface area contributed by atoms with Crippen molar-refractivity contribution in [2.24, 2.45) is 0 Å². The average molecular weight is 347 g/mol. The van der Waals surface area contributed by atoms with Crippen LogP contribution in [0.1, 0.15) is 11.3 Å². The van der Waals surface area contributed by atoms with E-state index in [2.05, 4.69) is 4.98 Å². The van der Waals surface area contributed by atoms with E-state index in [4.69, 9.17) is 27.9 Å². The lowest BCUT2D eigenvalue weighted by atomic mass is 10.2. The van der Waals surface area contributed by atoms with Gasteiger partial charge in [-0.2, -0.15) is 0 Å². The number of esters is 1. The molecule has 0 atom stereocenters. The summed E-state index contributed by atoms with van der Waals surface area (Å²) in [5.41, 5.74) is 2.21. The number of carbonyl (C=O) groups excluding carboxylic acids is 1. The predicted molar refractivity (Wildman–Crippen MR) is 90.5 cm³/mol. The summed E-state index contributed by atoms with van der Waals surface area (Å²) < 4.78 is 6.97. The van der Waals surface area contributed by atoms with Crippen LogP contribution in [-0.2, 0) is 16.1 Å². The summed E-state index contributed by atoms with van der Waals surface area (Å²) in [6.45, 7) is 0.182. The van der Waals surface area contributed by atoms with Gasteiger partial charge >= 0.3 is 5.97 Å². The van der Waals surface area contributed by atoms with Crippen LogP contribution in [0.25, 0.3) is 11.7 Å². The molecular weight excluding hydrogens is 335 g/mol. The third-order valence-corrected chi connectivity index (χ3v) is 3.72. The first-order valence-electron chi connectivity index (χ1n) is 6.85. The zero-order chi connectivity index (χ0) is 16.2. The lowest BCUT2D eigenvalue weighted by Gasteiger charge is -2.02. The van der Waals surface area contributed by atoms with Crippen LogP contribution in [0.5, 0.6) is 0 Å². The van der Waals surface area contributed by atoms with Crippen molar-refractivity contribution in [2.75, 3.05) is 0 Å². The molecule has 0 aliphatic carbocycles. The molecule has 0 radical (unpaired) electrons. The number of hydrogen-bond acceptors (Lipinski definition) is 3. The molecule has 116 valence electrons. The van der Waals surface area contributed by atoms with E-state index in [-0.39, 0.29) is 6.61 Å². The standard InChI is InChI=1S/C17H12Cl2N2O2/c18-13-6-4-12(5-7-13)11-23-16(22)9-8-14-17(19)20-15-3-1-2-10-21(14)15/h1-10H,11H2/b9-8+. The number of aromatic nitrogens is 2. The fourth-order valence-electron chi connectivity index (χ4n) is 2.07. The Bertz CT molecular complexity index is 870. The maximum Gasteiger partial charge on any atom is 0.331 e. The number of ether oxygens (including phenoxy) is 1. The molecule has 0 unspecified atom stereocenters. The summed E-state index contributed by atoms with van der Waals surface area (Å²) in [5, 5.41) is 0.972. The van der Waals surface area contributed by atoms with Crippen molar-refractivity contribution in [1.82, 2.24) is 9.38 Å². The van der Waals surface area contributed by atoms with Crippen LogP contribution >= 0.6 is 23.2 Å². The lowest BCUT2D eigenvalue weighted by Crippen LogP contribution is -2.00. The van der Waals surface area contributed by atoms with Gasteiger partial charge in [0.15, 0.2) is 5.15 Å². The molecule has 0 amide bonds. The van der Waals surface area contributed by atoms with E-state index in [1.54, 1.807) is 34.7 Å². The number of pyridine rings is 1. The van der Waals surface area contributed by atoms with Gasteiger partial charge in [-0.1, -0.05) is 41.4 Å². The highest BCUT2D eigenvalue weighted by atomic mass is 35.5. The van der Waals surface area contributed by atoms with Gasteiger partial charge in [0.05, 0.1) is 5.69 Å². The third kappa shape index (κ3) is 3.73. The maximum absolute atomic E-state index is 11.8. The van der Waals surface area contributed by atoms with Gasteiger partial charge in [0, 0.05) is 17.3 Å². The molecule has 1 aromatic carbocycles. The minimum Gasteiger partial charge on any atom is -0.458 e. The second-order valence-electron chi connectivity index (χ2n) is 4.78. The van der Waals surface area contributed by atoms with E-state index >= 15 is 0 Å². The van der Waals surface area contributed by atoms with Crippen molar-refractivity contribution < 1.29 is 9.53 Å². The van der Waals surface area contributed by atoms with Crippen LogP contribution in [0, 0.1) is 0 Å². The first kappa shape index (κ1) is 15.6. The average Bonchev–Trinajstić information content (AvgIpc) is 2.87. The van der Waals surface area contributed by atoms with E-state index < -0.39 is 5.97 Å². The molecule has 0 saturated heterocycles. The van der Waals surface area contributed by atoms with E-state index in [0.717, 1.165) is 5.56 Å². The summed E-state index contributed by atoms with van der Waals surface area (Å²) in [6, 6.07) is 12.7. The highest BCUT2D eigenvalue weighted by molar-refractivity contribution is 6.31. The Balaban J connectivity index is 1.68. The molecular formula is C17H12Cl2N2O2. The normalized spacial score (nSPS) is 11.2. The first-order valence-corrected chi connectivity index (χ1v) is 7.61. The van der Waals surface area contributed by atoms with Gasteiger partial charge in [-0.05, 0) is 35.9 Å². The number of benzene rings is 1. The van der Waals surface area contributed by atoms with E-state index in [0.29, 0.717) is 21.5 Å². The monoisotopic (exact) mass is 346 g/mol. The molecule has 0 spiro atoms. The SMILES string of the molecule is O=C(/C=C/c1c(Cl)nc2ccccn12)OCc1ccc(Cl)cc1. The highest BCUT2D eigenvalue weighted by Crippen LogP contribution is 2.19. The quantitative estimate of drug-likeness (QED) is 0.519. The zero-order valence-electron chi connectivity index (χ0n) is 11.9. The Labute approximate surface area is 142 Å². The summed E-state index contributed by atoms with van der Waals surface area (Å²) in [7, 11) is 0. The summed E-state index contributed by atoms with van der Waals surface area (Å²) >= 11 is 11.9. The zero-order valence-corrected chi connectivity index (χ0v) is 13.5. The largest absolute Gasteiger partial charge is 0.458 e. The minimum atomic E-state index is -0.457. The van der Waals surface area contributed by atoms with Gasteiger partial charge in [0.25, 0.3) is 0 Å². The Morgan fingerprint density at radius 1 is 1.17 bits per heavy atom. The van der Waals surface area contributed by atoms with Gasteiger partial charge in [-0.15, -0.1) is 0 Å². The molecule has 0 fully saturated rings. The number of carbonyl (C=O) groups is 1. The molecule has 0 saturated carbocycles. The fourth-order valence-corrected chi connectivity index (χ4v) is 2.43. The minimum absolute atomic E-state index is 0.182. The van der Waals surface area contributed by atoms with Crippen LogP contribution in [-0.4, -0.2) is 15.4 Å². The third-order valence-electron chi connectivity index (χ3n) is 3.19. The van der Waals surface area contributed by atoms with Crippen LogP contribution in [0.4, 0.5) is 0 Å². The summed E-state index contributed by atoms with van der Waals surface area (Å²) in [6.07, 6.45) is 4.75. The van der Waals surface area contributed by atoms with Crippen molar-refractivity contribution >= 4 is 40.9 Å². The molecule has 0 aliphatic heterocycles. The fraction of sp³-hybridized carbons (Fsp3) is 0.0588. The van der Waals surface area contributed by atoms with Crippen molar-refractivity contribution in [2.45, 2.75) is 6.61 Å². The Hall–Kier alpha value is -2.30. The molecule has 2 heterocycles. The molecule has 4 nitrogen and oxygen atoms in total. The van der Waals surface area contributed by atoms with Gasteiger partial charge in [0.1, 0.15) is 12.3 Å². The lowest BCUT2D eigenvalue weighted by molar-refractivity contribution is -0.138. The number of fused-ring (bicyclic) bond motifs is 1. The van der Waals surface area contributed by atoms with Crippen LogP contribution in [0.15, 0.2) is 54.7 Å². The van der Waals surface area contributed by atoms with Crippen LogP contribution in [0.2, 0.25) is 10.2 Å². The van der Waals surface area contributed by atoms with Gasteiger partial charge in [-0.25, -0.2) is 9.78 Å². The highest BCUT2D eigenvalue weighted by Gasteiger charge is 2.07. The summed E-state index contributed by atoms with van der Waals surface area (Å²) in [4.78, 5) is 16.0. The van der Waals surface area contributed by atoms with Crippen LogP contribution in [0.3, 0.4) is 0 Å². The molecule has 6 heteroatoms. The number of rotatable bonds is 4. The van der Waals surface area contributed by atoms with Crippen molar-refractivity contribution in [1.29, 1.82) is 0 Å². The summed E-state index contributed by atoms with van der Waals surface area (Å²) in [5.74, 6) is -0.457. The number of hydrogen-bond donors (Lipinski definition) is 0. The van der Waals surface area contributed by atoms with Crippen molar-refractivity contribution in [3.63, 3.8) is 0 Å². The molecule has 0 aliphatic rings. The molecule has 3 aromatic rings. The maximum atomic E-state index is 11.8. The topological polar surface area (TPSA) is 43.6 Å². The first-order chi connectivity index (χ1) is 11.1. The van der Waals surface area contributed by atoms with E-state index in [1.807, 2.05) is 24.4 Å². The van der Waals surface area contributed by atoms with Crippen molar-refractivity contribution in [3.05, 3.63) is 76.2 Å². The number of imidazole rings is 1. The molecule has 2 aromatic heterocycles. The molecule has 3 rings (SSSR count). The Kier molecular flexibility index (Phi) is 4.65. The second-order valence-corrected chi connectivity index (χ2v) is 5.58. The van der Waals surface area contributed by atoms with Gasteiger partial charge in [-0.3, -0.25) is 4.40 Å². The number of nitrogens with zero attached hydrogens (tertiary/aromatic N) is 2. The van der Waals surface area contributed by atoms with Gasteiger partial charge < -0.3 is 4.74 Å². The Morgan fingerprint density at radius 3 is 2.74 bits per heavy atom. The second kappa shape index (κ2) is 6.86. The van der Waals surface area contributed by atoms with Crippen LogP contribution < -0.4 is 0 Å². The van der Waals surface area contributed by atoms with E-state index in [9.17, 15) is 4.79 Å². The van der Waals surface area contributed by atoms with Crippen molar-refractivity contribution in [3.8, 4) is 0 Å².